The Labute approximate surface area is 184 Å². The molecular formula is C21H24N4O5S. The van der Waals surface area contributed by atoms with Gasteiger partial charge in [0.15, 0.2) is 0 Å². The number of amides is 3. The van der Waals surface area contributed by atoms with Crippen LogP contribution in [0.1, 0.15) is 34.1 Å². The van der Waals surface area contributed by atoms with Gasteiger partial charge in [-0.05, 0) is 55.7 Å². The summed E-state index contributed by atoms with van der Waals surface area (Å²) in [5, 5.41) is 19.0. The summed E-state index contributed by atoms with van der Waals surface area (Å²) in [5.41, 5.74) is 0.849. The van der Waals surface area contributed by atoms with Crippen molar-refractivity contribution in [3.8, 4) is 0 Å². The number of benzene rings is 2. The summed E-state index contributed by atoms with van der Waals surface area (Å²) < 4.78 is 0. The molecule has 0 fully saturated rings. The maximum atomic E-state index is 12.8. The Hall–Kier alpha value is -3.40. The molecule has 0 spiro atoms. The molecule has 1 atom stereocenters. The molecule has 0 aliphatic heterocycles. The highest BCUT2D eigenvalue weighted by Crippen LogP contribution is 2.15. The number of hydrogen-bond acceptors (Lipinski definition) is 6. The van der Waals surface area contributed by atoms with Crippen LogP contribution in [0.5, 0.6) is 0 Å². The molecule has 2 aromatic carbocycles. The fraction of sp³-hybridized carbons (Fsp3) is 0.286. The fourth-order valence-corrected chi connectivity index (χ4v) is 3.18. The second-order valence-electron chi connectivity index (χ2n) is 6.54. The van der Waals surface area contributed by atoms with Crippen molar-refractivity contribution in [2.45, 2.75) is 19.4 Å². The SMILES string of the molecule is CCNC(=O)c1ccc(NC(=O)C(CCSC)NC(=O)c2cccc([N+](=O)[O-])c2)cc1. The van der Waals surface area contributed by atoms with E-state index >= 15 is 0 Å². The molecule has 0 aliphatic rings. The first kappa shape index (κ1) is 23.9. The van der Waals surface area contributed by atoms with Crippen LogP contribution < -0.4 is 16.0 Å². The van der Waals surface area contributed by atoms with Crippen LogP contribution in [0, 0.1) is 10.1 Å². The van der Waals surface area contributed by atoms with Gasteiger partial charge in [-0.15, -0.1) is 0 Å². The van der Waals surface area contributed by atoms with E-state index in [9.17, 15) is 24.5 Å². The molecule has 9 nitrogen and oxygen atoms in total. The van der Waals surface area contributed by atoms with Crippen LogP contribution in [0.25, 0.3) is 0 Å². The number of thioether (sulfide) groups is 1. The maximum Gasteiger partial charge on any atom is 0.270 e. The molecule has 0 heterocycles. The highest BCUT2D eigenvalue weighted by atomic mass is 32.2. The Bertz CT molecular complexity index is 949. The normalized spacial score (nSPS) is 11.3. The van der Waals surface area contributed by atoms with Gasteiger partial charge in [0.05, 0.1) is 4.92 Å². The topological polar surface area (TPSA) is 130 Å². The van der Waals surface area contributed by atoms with Crippen LogP contribution in [-0.2, 0) is 4.79 Å². The molecule has 0 saturated carbocycles. The third-order valence-electron chi connectivity index (χ3n) is 4.30. The van der Waals surface area contributed by atoms with Gasteiger partial charge in [-0.1, -0.05) is 6.07 Å². The number of non-ortho nitro benzene ring substituents is 1. The number of anilines is 1. The summed E-state index contributed by atoms with van der Waals surface area (Å²) in [6.07, 6.45) is 2.27. The van der Waals surface area contributed by atoms with E-state index in [1.165, 1.54) is 36.0 Å². The lowest BCUT2D eigenvalue weighted by molar-refractivity contribution is -0.384. The van der Waals surface area contributed by atoms with Crippen LogP contribution in [-0.4, -0.2) is 47.2 Å². The molecule has 1 unspecified atom stereocenters. The Balaban J connectivity index is 2.09. The second-order valence-corrected chi connectivity index (χ2v) is 7.53. The quantitative estimate of drug-likeness (QED) is 0.382. The molecule has 0 aliphatic carbocycles. The molecule has 164 valence electrons. The van der Waals surface area contributed by atoms with Gasteiger partial charge in [-0.25, -0.2) is 0 Å². The third-order valence-corrected chi connectivity index (χ3v) is 4.95. The first-order chi connectivity index (χ1) is 14.8. The molecule has 0 saturated heterocycles. The summed E-state index contributed by atoms with van der Waals surface area (Å²) in [6, 6.07) is 10.9. The first-order valence-electron chi connectivity index (χ1n) is 9.59. The molecule has 10 heteroatoms. The highest BCUT2D eigenvalue weighted by molar-refractivity contribution is 7.98. The van der Waals surface area contributed by atoms with Gasteiger partial charge in [-0.2, -0.15) is 11.8 Å². The fourth-order valence-electron chi connectivity index (χ4n) is 2.70. The van der Waals surface area contributed by atoms with E-state index in [-0.39, 0.29) is 17.2 Å². The van der Waals surface area contributed by atoms with Crippen LogP contribution >= 0.6 is 11.8 Å². The lowest BCUT2D eigenvalue weighted by Gasteiger charge is -2.18. The Kier molecular flexibility index (Phi) is 9.01. The van der Waals surface area contributed by atoms with Crippen LogP contribution in [0.15, 0.2) is 48.5 Å². The highest BCUT2D eigenvalue weighted by Gasteiger charge is 2.22. The van der Waals surface area contributed by atoms with Gasteiger partial charge in [0.25, 0.3) is 17.5 Å². The van der Waals surface area contributed by atoms with Crippen molar-refractivity contribution < 1.29 is 19.3 Å². The number of nitro benzene ring substituents is 1. The monoisotopic (exact) mass is 444 g/mol. The zero-order valence-corrected chi connectivity index (χ0v) is 18.0. The zero-order chi connectivity index (χ0) is 22.8. The number of hydrogen-bond donors (Lipinski definition) is 3. The van der Waals surface area contributed by atoms with Crippen molar-refractivity contribution in [3.63, 3.8) is 0 Å². The van der Waals surface area contributed by atoms with E-state index in [0.717, 1.165) is 0 Å². The molecule has 0 radical (unpaired) electrons. The van der Waals surface area contributed by atoms with Crippen LogP contribution in [0.3, 0.4) is 0 Å². The maximum absolute atomic E-state index is 12.8. The average molecular weight is 445 g/mol. The summed E-state index contributed by atoms with van der Waals surface area (Å²) in [6.45, 7) is 2.34. The Morgan fingerprint density at radius 3 is 2.39 bits per heavy atom. The minimum absolute atomic E-state index is 0.0995. The van der Waals surface area contributed by atoms with E-state index in [2.05, 4.69) is 16.0 Å². The summed E-state index contributed by atoms with van der Waals surface area (Å²) in [4.78, 5) is 47.5. The zero-order valence-electron chi connectivity index (χ0n) is 17.2. The van der Waals surface area contributed by atoms with Gasteiger partial charge in [0, 0.05) is 35.5 Å². The third kappa shape index (κ3) is 7.10. The van der Waals surface area contributed by atoms with Gasteiger partial charge in [0.1, 0.15) is 6.04 Å². The lowest BCUT2D eigenvalue weighted by atomic mass is 10.1. The number of rotatable bonds is 10. The summed E-state index contributed by atoms with van der Waals surface area (Å²) in [5.74, 6) is -0.568. The Morgan fingerprint density at radius 2 is 1.77 bits per heavy atom. The van der Waals surface area contributed by atoms with Crippen molar-refractivity contribution in [2.24, 2.45) is 0 Å². The lowest BCUT2D eigenvalue weighted by Crippen LogP contribution is -2.44. The van der Waals surface area contributed by atoms with Crippen molar-refractivity contribution in [3.05, 3.63) is 69.8 Å². The molecule has 3 N–H and O–H groups in total. The minimum Gasteiger partial charge on any atom is -0.352 e. The van der Waals surface area contributed by atoms with E-state index in [1.54, 1.807) is 24.3 Å². The van der Waals surface area contributed by atoms with Crippen LogP contribution in [0.4, 0.5) is 11.4 Å². The number of nitrogens with zero attached hydrogens (tertiary/aromatic N) is 1. The molecule has 0 aromatic heterocycles. The summed E-state index contributed by atoms with van der Waals surface area (Å²) in [7, 11) is 0. The van der Waals surface area contributed by atoms with Crippen molar-refractivity contribution in [2.75, 3.05) is 23.9 Å². The molecule has 2 aromatic rings. The Morgan fingerprint density at radius 1 is 1.06 bits per heavy atom. The number of nitrogens with one attached hydrogen (secondary N) is 3. The number of nitro groups is 1. The van der Waals surface area contributed by atoms with Gasteiger partial charge < -0.3 is 16.0 Å². The molecule has 0 bridgehead atoms. The predicted octanol–water partition coefficient (Wildman–Crippen LogP) is 2.83. The predicted molar refractivity (Wildman–Crippen MR) is 120 cm³/mol. The summed E-state index contributed by atoms with van der Waals surface area (Å²) >= 11 is 1.53. The van der Waals surface area contributed by atoms with E-state index in [0.29, 0.717) is 30.0 Å². The van der Waals surface area contributed by atoms with Gasteiger partial charge >= 0.3 is 0 Å². The largest absolute Gasteiger partial charge is 0.352 e. The van der Waals surface area contributed by atoms with Crippen molar-refractivity contribution in [1.82, 2.24) is 10.6 Å². The average Bonchev–Trinajstić information content (AvgIpc) is 2.77. The molecule has 2 rings (SSSR count). The second kappa shape index (κ2) is 11.7. The first-order valence-corrected chi connectivity index (χ1v) is 11.0. The molecule has 3 amide bonds. The van der Waals surface area contributed by atoms with Crippen LogP contribution in [0.2, 0.25) is 0 Å². The molecular weight excluding hydrogens is 420 g/mol. The number of carbonyl (C=O) groups is 3. The minimum atomic E-state index is -0.831. The molecule has 31 heavy (non-hydrogen) atoms. The standard InChI is InChI=1S/C21H24N4O5S/c1-3-22-19(26)14-7-9-16(10-8-14)23-21(28)18(11-12-31-2)24-20(27)15-5-4-6-17(13-15)25(29)30/h4-10,13,18H,3,11-12H2,1-2H3,(H,22,26)(H,23,28)(H,24,27). The van der Waals surface area contributed by atoms with Gasteiger partial charge in [-0.3, -0.25) is 24.5 Å². The van der Waals surface area contributed by atoms with E-state index < -0.39 is 22.8 Å². The number of carbonyl (C=O) groups excluding carboxylic acids is 3. The van der Waals surface area contributed by atoms with Crippen molar-refractivity contribution in [1.29, 1.82) is 0 Å². The smallest absolute Gasteiger partial charge is 0.270 e. The van der Waals surface area contributed by atoms with E-state index in [1.807, 2.05) is 13.2 Å². The van der Waals surface area contributed by atoms with Crippen molar-refractivity contribution >= 4 is 40.9 Å². The van der Waals surface area contributed by atoms with Gasteiger partial charge in [0.2, 0.25) is 5.91 Å². The van der Waals surface area contributed by atoms with E-state index in [4.69, 9.17) is 0 Å².